The molecule has 0 fully saturated rings. The number of allylic oxidation sites excluding steroid dienone is 3. The minimum Gasteiger partial charge on any atom is -0.478 e. The predicted molar refractivity (Wildman–Crippen MR) is 41.2 cm³/mol. The maximum Gasteiger partial charge on any atom is 0.331 e. The third-order valence-corrected chi connectivity index (χ3v) is 1.11. The largest absolute Gasteiger partial charge is 0.478 e. The summed E-state index contributed by atoms with van der Waals surface area (Å²) in [4.78, 5) is 20.2. The lowest BCUT2D eigenvalue weighted by Gasteiger charge is -1.91. The number of carboxylic acid groups (broad SMARTS) is 1. The first-order chi connectivity index (χ1) is 5.07. The van der Waals surface area contributed by atoms with Crippen molar-refractivity contribution in [1.29, 1.82) is 0 Å². The average Bonchev–Trinajstić information content (AvgIpc) is 1.87. The lowest BCUT2D eigenvalue weighted by Crippen LogP contribution is -1.95. The summed E-state index contributed by atoms with van der Waals surface area (Å²) in [5.74, 6) is -0.969. The SMILES string of the molecule is CC(=CC=O)C=C(C)C(=O)O. The molecule has 0 saturated heterocycles. The van der Waals surface area contributed by atoms with E-state index in [0.29, 0.717) is 11.9 Å². The molecule has 0 aromatic carbocycles. The molecule has 0 amide bonds. The summed E-state index contributed by atoms with van der Waals surface area (Å²) in [5.41, 5.74) is 0.862. The van der Waals surface area contributed by atoms with Crippen LogP contribution >= 0.6 is 0 Å². The first-order valence-corrected chi connectivity index (χ1v) is 3.11. The maximum absolute atomic E-state index is 10.3. The Balaban J connectivity index is 4.42. The fourth-order valence-electron chi connectivity index (χ4n) is 0.559. The number of aldehydes is 1. The van der Waals surface area contributed by atoms with Crippen molar-refractivity contribution in [2.24, 2.45) is 0 Å². The Morgan fingerprint density at radius 1 is 1.36 bits per heavy atom. The van der Waals surface area contributed by atoms with Crippen molar-refractivity contribution in [2.45, 2.75) is 13.8 Å². The van der Waals surface area contributed by atoms with Gasteiger partial charge in [-0.15, -0.1) is 0 Å². The van der Waals surface area contributed by atoms with E-state index in [1.165, 1.54) is 19.1 Å². The van der Waals surface area contributed by atoms with E-state index in [1.54, 1.807) is 6.92 Å². The predicted octanol–water partition coefficient (Wildman–Crippen LogP) is 1.16. The molecule has 3 nitrogen and oxygen atoms in total. The molecule has 0 aromatic rings. The number of carboxylic acids is 1. The monoisotopic (exact) mass is 154 g/mol. The minimum absolute atomic E-state index is 0.223. The van der Waals surface area contributed by atoms with Crippen molar-refractivity contribution in [2.75, 3.05) is 0 Å². The van der Waals surface area contributed by atoms with Crippen molar-refractivity contribution in [3.05, 3.63) is 23.3 Å². The second-order valence-electron chi connectivity index (χ2n) is 2.18. The molecule has 0 saturated carbocycles. The fraction of sp³-hybridized carbons (Fsp3) is 0.250. The van der Waals surface area contributed by atoms with Gasteiger partial charge in [0.25, 0.3) is 0 Å². The molecule has 0 bridgehead atoms. The van der Waals surface area contributed by atoms with Gasteiger partial charge in [0.05, 0.1) is 0 Å². The van der Waals surface area contributed by atoms with Gasteiger partial charge in [0.1, 0.15) is 6.29 Å². The van der Waals surface area contributed by atoms with E-state index in [4.69, 9.17) is 5.11 Å². The van der Waals surface area contributed by atoms with E-state index in [-0.39, 0.29) is 5.57 Å². The summed E-state index contributed by atoms with van der Waals surface area (Å²) in [5, 5.41) is 8.42. The lowest BCUT2D eigenvalue weighted by atomic mass is 10.2. The van der Waals surface area contributed by atoms with Gasteiger partial charge in [-0.25, -0.2) is 4.79 Å². The van der Waals surface area contributed by atoms with Crippen LogP contribution in [0.3, 0.4) is 0 Å². The van der Waals surface area contributed by atoms with Crippen LogP contribution in [0.4, 0.5) is 0 Å². The van der Waals surface area contributed by atoms with E-state index in [9.17, 15) is 9.59 Å². The average molecular weight is 154 g/mol. The highest BCUT2D eigenvalue weighted by Gasteiger charge is 1.97. The minimum atomic E-state index is -0.969. The van der Waals surface area contributed by atoms with Gasteiger partial charge in [0, 0.05) is 5.57 Å². The summed E-state index contributed by atoms with van der Waals surface area (Å²) < 4.78 is 0. The van der Waals surface area contributed by atoms with Crippen LogP contribution in [0, 0.1) is 0 Å². The number of rotatable bonds is 3. The third kappa shape index (κ3) is 4.08. The molecule has 0 spiro atoms. The molecule has 0 unspecified atom stereocenters. The first-order valence-electron chi connectivity index (χ1n) is 3.11. The number of hydrogen-bond donors (Lipinski definition) is 1. The van der Waals surface area contributed by atoms with Crippen LogP contribution in [0.5, 0.6) is 0 Å². The summed E-state index contributed by atoms with van der Waals surface area (Å²) >= 11 is 0. The molecular formula is C8H10O3. The highest BCUT2D eigenvalue weighted by Crippen LogP contribution is 2.00. The Morgan fingerprint density at radius 2 is 1.91 bits per heavy atom. The smallest absolute Gasteiger partial charge is 0.331 e. The highest BCUT2D eigenvalue weighted by atomic mass is 16.4. The second-order valence-corrected chi connectivity index (χ2v) is 2.18. The van der Waals surface area contributed by atoms with Gasteiger partial charge in [-0.05, 0) is 31.6 Å². The van der Waals surface area contributed by atoms with Crippen LogP contribution < -0.4 is 0 Å². The molecule has 1 N–H and O–H groups in total. The molecule has 0 aliphatic rings. The van der Waals surface area contributed by atoms with E-state index in [1.807, 2.05) is 0 Å². The zero-order chi connectivity index (χ0) is 8.85. The molecule has 0 aliphatic carbocycles. The Morgan fingerprint density at radius 3 is 2.27 bits per heavy atom. The second kappa shape index (κ2) is 4.44. The van der Waals surface area contributed by atoms with Crippen molar-refractivity contribution < 1.29 is 14.7 Å². The van der Waals surface area contributed by atoms with Crippen LogP contribution in [0.1, 0.15) is 13.8 Å². The van der Waals surface area contributed by atoms with Gasteiger partial charge >= 0.3 is 5.97 Å². The molecule has 11 heavy (non-hydrogen) atoms. The van der Waals surface area contributed by atoms with Gasteiger partial charge < -0.3 is 5.11 Å². The molecule has 60 valence electrons. The molecule has 0 atom stereocenters. The Labute approximate surface area is 65.0 Å². The highest BCUT2D eigenvalue weighted by molar-refractivity contribution is 5.86. The summed E-state index contributed by atoms with van der Waals surface area (Å²) in [7, 11) is 0. The molecular weight excluding hydrogens is 144 g/mol. The maximum atomic E-state index is 10.3. The zero-order valence-corrected chi connectivity index (χ0v) is 6.50. The Hall–Kier alpha value is -1.38. The number of carbonyl (C=O) groups excluding carboxylic acids is 1. The van der Waals surface area contributed by atoms with E-state index in [0.717, 1.165) is 0 Å². The van der Waals surface area contributed by atoms with Gasteiger partial charge in [0.2, 0.25) is 0 Å². The van der Waals surface area contributed by atoms with Crippen LogP contribution in [-0.4, -0.2) is 17.4 Å². The van der Waals surface area contributed by atoms with E-state index in [2.05, 4.69) is 0 Å². The van der Waals surface area contributed by atoms with Crippen LogP contribution in [-0.2, 0) is 9.59 Å². The standard InChI is InChI=1S/C8H10O3/c1-6(3-4-9)5-7(2)8(10)11/h3-5H,1-2H3,(H,10,11). The summed E-state index contributed by atoms with van der Waals surface area (Å²) in [6.07, 6.45) is 3.38. The van der Waals surface area contributed by atoms with Crippen molar-refractivity contribution >= 4 is 12.3 Å². The Kier molecular flexibility index (Phi) is 3.88. The zero-order valence-electron chi connectivity index (χ0n) is 6.50. The molecule has 0 heterocycles. The Bertz CT molecular complexity index is 223. The topological polar surface area (TPSA) is 54.4 Å². The third-order valence-electron chi connectivity index (χ3n) is 1.11. The van der Waals surface area contributed by atoms with Crippen LogP contribution in [0.2, 0.25) is 0 Å². The molecule has 0 rings (SSSR count). The van der Waals surface area contributed by atoms with Crippen LogP contribution in [0.15, 0.2) is 23.3 Å². The number of hydrogen-bond acceptors (Lipinski definition) is 2. The quantitative estimate of drug-likeness (QED) is 0.377. The van der Waals surface area contributed by atoms with Gasteiger partial charge in [-0.3, -0.25) is 4.79 Å². The van der Waals surface area contributed by atoms with Crippen molar-refractivity contribution in [3.63, 3.8) is 0 Å². The lowest BCUT2D eigenvalue weighted by molar-refractivity contribution is -0.132. The fourth-order valence-corrected chi connectivity index (χ4v) is 0.559. The normalized spacial score (nSPS) is 12.9. The van der Waals surface area contributed by atoms with E-state index >= 15 is 0 Å². The molecule has 3 heteroatoms. The first kappa shape index (κ1) is 9.62. The van der Waals surface area contributed by atoms with E-state index < -0.39 is 5.97 Å². The summed E-state index contributed by atoms with van der Waals surface area (Å²) in [6, 6.07) is 0. The molecule has 0 aliphatic heterocycles. The number of aliphatic carboxylic acids is 1. The molecule has 0 aromatic heterocycles. The van der Waals surface area contributed by atoms with Crippen molar-refractivity contribution in [3.8, 4) is 0 Å². The van der Waals surface area contributed by atoms with Gasteiger partial charge in [-0.2, -0.15) is 0 Å². The van der Waals surface area contributed by atoms with Gasteiger partial charge in [0.15, 0.2) is 0 Å². The number of carbonyl (C=O) groups is 2. The van der Waals surface area contributed by atoms with Gasteiger partial charge in [-0.1, -0.05) is 0 Å². The van der Waals surface area contributed by atoms with Crippen molar-refractivity contribution in [1.82, 2.24) is 0 Å². The summed E-state index contributed by atoms with van der Waals surface area (Å²) in [6.45, 7) is 3.14. The molecule has 0 radical (unpaired) electrons. The van der Waals surface area contributed by atoms with Crippen LogP contribution in [0.25, 0.3) is 0 Å².